The number of carbonyl (C=O) groups is 1. The van der Waals surface area contributed by atoms with Crippen molar-refractivity contribution in [1.82, 2.24) is 14.2 Å². The van der Waals surface area contributed by atoms with Crippen LogP contribution in [0.25, 0.3) is 10.2 Å². The van der Waals surface area contributed by atoms with Crippen LogP contribution in [0.15, 0.2) is 47.4 Å². The molecule has 1 heterocycles. The maximum Gasteiger partial charge on any atom is 0.260 e. The predicted molar refractivity (Wildman–Crippen MR) is 148 cm³/mol. The molecule has 9 nitrogen and oxygen atoms in total. The summed E-state index contributed by atoms with van der Waals surface area (Å²) < 4.78 is 38.8. The molecule has 0 saturated carbocycles. The number of ether oxygens (including phenoxy) is 2. The third kappa shape index (κ3) is 7.47. The fraction of sp³-hybridized carbons (Fsp3) is 0.440. The van der Waals surface area contributed by atoms with Crippen LogP contribution in [0.3, 0.4) is 0 Å². The fourth-order valence-corrected chi connectivity index (χ4v) is 6.36. The largest absolute Gasteiger partial charge is 0.383 e. The lowest BCUT2D eigenvalue weighted by atomic mass is 10.2. The molecule has 0 saturated heterocycles. The molecule has 0 fully saturated rings. The topological polar surface area (TPSA) is 92.3 Å². The lowest BCUT2D eigenvalue weighted by Gasteiger charge is -2.22. The number of methoxy groups -OCH3 is 2. The Bertz CT molecular complexity index is 1270. The highest BCUT2D eigenvalue weighted by Gasteiger charge is 2.26. The van der Waals surface area contributed by atoms with Gasteiger partial charge >= 0.3 is 0 Å². The van der Waals surface area contributed by atoms with E-state index in [1.54, 1.807) is 23.1 Å². The van der Waals surface area contributed by atoms with Gasteiger partial charge in [-0.2, -0.15) is 4.31 Å². The van der Waals surface area contributed by atoms with Crippen LogP contribution < -0.4 is 4.90 Å². The van der Waals surface area contributed by atoms with Crippen molar-refractivity contribution >= 4 is 54.2 Å². The Kier molecular flexibility index (Phi) is 10.8. The Balaban J connectivity index is 1.89. The number of fused-ring (bicyclic) bond motifs is 1. The molecule has 1 aromatic heterocycles. The Labute approximate surface area is 227 Å². The van der Waals surface area contributed by atoms with Gasteiger partial charge in [0.2, 0.25) is 10.0 Å². The highest BCUT2D eigenvalue weighted by atomic mass is 35.5. The van der Waals surface area contributed by atoms with Crippen molar-refractivity contribution in [2.75, 3.05) is 72.6 Å². The Morgan fingerprint density at radius 3 is 2.19 bits per heavy atom. The zero-order chi connectivity index (χ0) is 27.0. The normalized spacial score (nSPS) is 12.1. The molecule has 1 amide bonds. The van der Waals surface area contributed by atoms with E-state index in [2.05, 4.69) is 9.88 Å². The maximum absolute atomic E-state index is 13.6. The van der Waals surface area contributed by atoms with Crippen LogP contribution >= 0.6 is 22.9 Å². The second kappa shape index (κ2) is 13.6. The number of para-hydroxylation sites is 1. The van der Waals surface area contributed by atoms with E-state index in [0.717, 1.165) is 17.7 Å². The number of rotatable bonds is 14. The van der Waals surface area contributed by atoms with Gasteiger partial charge in [-0.15, -0.1) is 0 Å². The van der Waals surface area contributed by atoms with Crippen molar-refractivity contribution in [2.24, 2.45) is 0 Å². The number of hydrogen-bond acceptors (Lipinski definition) is 8. The van der Waals surface area contributed by atoms with Crippen molar-refractivity contribution in [1.29, 1.82) is 0 Å². The molecule has 0 aliphatic rings. The zero-order valence-corrected chi connectivity index (χ0v) is 23.9. The standard InChI is InChI=1S/C25H33ClN4O5S2/c1-28(2)13-6-14-30(25-27-23-21(26)7-5-8-22(23)36-25)24(31)19-9-11-20(12-10-19)37(32,33)29(15-17-34-3)16-18-35-4/h5,7-12H,6,13-18H2,1-4H3. The number of aromatic nitrogens is 1. The summed E-state index contributed by atoms with van der Waals surface area (Å²) in [6, 6.07) is 11.5. The minimum absolute atomic E-state index is 0.0992. The second-order valence-electron chi connectivity index (χ2n) is 8.61. The molecule has 37 heavy (non-hydrogen) atoms. The lowest BCUT2D eigenvalue weighted by molar-refractivity contribution is 0.0986. The first kappa shape index (κ1) is 29.4. The minimum Gasteiger partial charge on any atom is -0.383 e. The Morgan fingerprint density at radius 1 is 0.973 bits per heavy atom. The molecule has 0 aliphatic heterocycles. The average Bonchev–Trinajstić information content (AvgIpc) is 3.31. The van der Waals surface area contributed by atoms with E-state index in [9.17, 15) is 13.2 Å². The van der Waals surface area contributed by atoms with Crippen LogP contribution in [0.2, 0.25) is 5.02 Å². The molecule has 0 N–H and O–H groups in total. The van der Waals surface area contributed by atoms with Gasteiger partial charge in [0.05, 0.1) is 27.8 Å². The first-order valence-corrected chi connectivity index (χ1v) is 14.4. The van der Waals surface area contributed by atoms with E-state index < -0.39 is 10.0 Å². The van der Waals surface area contributed by atoms with Crippen molar-refractivity contribution in [2.45, 2.75) is 11.3 Å². The van der Waals surface area contributed by atoms with Crippen LogP contribution in [0.5, 0.6) is 0 Å². The summed E-state index contributed by atoms with van der Waals surface area (Å²) in [6.45, 7) is 2.16. The van der Waals surface area contributed by atoms with Gasteiger partial charge in [-0.25, -0.2) is 13.4 Å². The molecule has 2 aromatic carbocycles. The van der Waals surface area contributed by atoms with Crippen molar-refractivity contribution < 1.29 is 22.7 Å². The van der Waals surface area contributed by atoms with Gasteiger partial charge < -0.3 is 14.4 Å². The molecule has 0 unspecified atom stereocenters. The second-order valence-corrected chi connectivity index (χ2v) is 12.0. The molecule has 0 spiro atoms. The van der Waals surface area contributed by atoms with Gasteiger partial charge in [-0.05, 0) is 63.5 Å². The smallest absolute Gasteiger partial charge is 0.260 e. The summed E-state index contributed by atoms with van der Waals surface area (Å²) in [7, 11) is 3.20. The lowest BCUT2D eigenvalue weighted by Crippen LogP contribution is -2.36. The van der Waals surface area contributed by atoms with E-state index in [1.165, 1.54) is 42.0 Å². The Hall–Kier alpha value is -2.12. The van der Waals surface area contributed by atoms with Crippen molar-refractivity contribution in [3.8, 4) is 0 Å². The fourth-order valence-electron chi connectivity index (χ4n) is 3.66. The highest BCUT2D eigenvalue weighted by molar-refractivity contribution is 7.89. The van der Waals surface area contributed by atoms with Gasteiger partial charge in [-0.1, -0.05) is 29.0 Å². The third-order valence-electron chi connectivity index (χ3n) is 5.65. The van der Waals surface area contributed by atoms with Crippen LogP contribution in [-0.2, 0) is 19.5 Å². The SMILES string of the molecule is COCCN(CCOC)S(=O)(=O)c1ccc(C(=O)N(CCCN(C)C)c2nc3c(Cl)cccc3s2)cc1. The van der Waals surface area contributed by atoms with Gasteiger partial charge in [0.15, 0.2) is 5.13 Å². The number of thiazole rings is 1. The number of nitrogens with zero attached hydrogens (tertiary/aromatic N) is 4. The van der Waals surface area contributed by atoms with Gasteiger partial charge in [-0.3, -0.25) is 9.69 Å². The molecular weight excluding hydrogens is 536 g/mol. The number of benzene rings is 2. The summed E-state index contributed by atoms with van der Waals surface area (Å²) in [4.78, 5) is 22.0. The molecule has 202 valence electrons. The zero-order valence-electron chi connectivity index (χ0n) is 21.5. The minimum atomic E-state index is -3.79. The first-order chi connectivity index (χ1) is 17.7. The maximum atomic E-state index is 13.6. The number of hydrogen-bond donors (Lipinski definition) is 0. The van der Waals surface area contributed by atoms with E-state index in [4.69, 9.17) is 21.1 Å². The van der Waals surface area contributed by atoms with Gasteiger partial charge in [0, 0.05) is 39.4 Å². The number of amides is 1. The number of carbonyl (C=O) groups excluding carboxylic acids is 1. The molecular formula is C25H33ClN4O5S2. The average molecular weight is 569 g/mol. The van der Waals surface area contributed by atoms with Crippen LogP contribution in [0.1, 0.15) is 16.8 Å². The number of sulfonamides is 1. The van der Waals surface area contributed by atoms with E-state index in [0.29, 0.717) is 27.8 Å². The highest BCUT2D eigenvalue weighted by Crippen LogP contribution is 2.33. The first-order valence-electron chi connectivity index (χ1n) is 11.8. The Morgan fingerprint density at radius 2 is 1.62 bits per heavy atom. The molecule has 3 rings (SSSR count). The number of halogens is 1. The third-order valence-corrected chi connectivity index (χ3v) is 8.91. The van der Waals surface area contributed by atoms with Crippen LogP contribution in [0, 0.1) is 0 Å². The van der Waals surface area contributed by atoms with Crippen molar-refractivity contribution in [3.05, 3.63) is 53.1 Å². The van der Waals surface area contributed by atoms with Crippen molar-refractivity contribution in [3.63, 3.8) is 0 Å². The number of anilines is 1. The van der Waals surface area contributed by atoms with Crippen LogP contribution in [-0.4, -0.2) is 96.2 Å². The molecule has 3 aromatic rings. The van der Waals surface area contributed by atoms with Gasteiger partial charge in [0.25, 0.3) is 5.91 Å². The van der Waals surface area contributed by atoms with Gasteiger partial charge in [0.1, 0.15) is 5.52 Å². The van der Waals surface area contributed by atoms with E-state index in [-0.39, 0.29) is 37.1 Å². The van der Waals surface area contributed by atoms with Crippen LogP contribution in [0.4, 0.5) is 5.13 Å². The molecule has 0 radical (unpaired) electrons. The predicted octanol–water partition coefficient (Wildman–Crippen LogP) is 3.83. The molecule has 12 heteroatoms. The summed E-state index contributed by atoms with van der Waals surface area (Å²) in [6.07, 6.45) is 0.739. The summed E-state index contributed by atoms with van der Waals surface area (Å²) >= 11 is 7.72. The summed E-state index contributed by atoms with van der Waals surface area (Å²) in [5.41, 5.74) is 1.03. The summed E-state index contributed by atoms with van der Waals surface area (Å²) in [5.74, 6) is -0.256. The molecule has 0 atom stereocenters. The summed E-state index contributed by atoms with van der Waals surface area (Å²) in [5, 5.41) is 1.08. The quantitative estimate of drug-likeness (QED) is 0.292. The molecule has 0 bridgehead atoms. The molecule has 0 aliphatic carbocycles. The van der Waals surface area contributed by atoms with E-state index in [1.807, 2.05) is 26.2 Å². The van der Waals surface area contributed by atoms with E-state index >= 15 is 0 Å². The monoisotopic (exact) mass is 568 g/mol.